The first-order valence-corrected chi connectivity index (χ1v) is 3.90. The summed E-state index contributed by atoms with van der Waals surface area (Å²) < 4.78 is 0. The first kappa shape index (κ1) is 12.4. The average Bonchev–Trinajstić information content (AvgIpc) is 2.17. The molecule has 0 aromatic heterocycles. The standard InChI is InChI=1S/C8H10N2O4/c9-4-8(5-10,7(13)14)6(12)2-1-3-11/h6,11-12H,1-3H2,(H,13,14). The number of aliphatic carboxylic acids is 1. The molecule has 0 saturated heterocycles. The summed E-state index contributed by atoms with van der Waals surface area (Å²) >= 11 is 0. The summed E-state index contributed by atoms with van der Waals surface area (Å²) in [7, 11) is 0. The van der Waals surface area contributed by atoms with Gasteiger partial charge in [-0.05, 0) is 12.8 Å². The zero-order valence-electron chi connectivity index (χ0n) is 7.34. The Morgan fingerprint density at radius 3 is 2.21 bits per heavy atom. The number of aliphatic hydroxyl groups excluding tert-OH is 2. The van der Waals surface area contributed by atoms with Crippen LogP contribution in [0.25, 0.3) is 0 Å². The summed E-state index contributed by atoms with van der Waals surface area (Å²) in [5.41, 5.74) is -2.44. The van der Waals surface area contributed by atoms with E-state index >= 15 is 0 Å². The molecule has 0 bridgehead atoms. The van der Waals surface area contributed by atoms with Gasteiger partial charge in [-0.15, -0.1) is 0 Å². The van der Waals surface area contributed by atoms with Gasteiger partial charge in [0.15, 0.2) is 0 Å². The molecule has 0 aliphatic heterocycles. The first-order chi connectivity index (χ1) is 6.55. The third kappa shape index (κ3) is 2.19. The van der Waals surface area contributed by atoms with E-state index in [1.54, 1.807) is 0 Å². The van der Waals surface area contributed by atoms with Crippen LogP contribution in [0.4, 0.5) is 0 Å². The third-order valence-corrected chi connectivity index (χ3v) is 1.83. The molecule has 6 heteroatoms. The Morgan fingerprint density at radius 2 is 1.93 bits per heavy atom. The summed E-state index contributed by atoms with van der Waals surface area (Å²) in [6.07, 6.45) is -1.56. The van der Waals surface area contributed by atoms with Crippen LogP contribution in [-0.2, 0) is 4.79 Å². The number of aliphatic hydroxyl groups is 2. The van der Waals surface area contributed by atoms with Crippen LogP contribution in [0.1, 0.15) is 12.8 Å². The summed E-state index contributed by atoms with van der Waals surface area (Å²) in [5.74, 6) is -1.67. The second-order valence-electron chi connectivity index (χ2n) is 2.72. The molecule has 0 heterocycles. The Bertz CT molecular complexity index is 275. The SMILES string of the molecule is N#CC(C#N)(C(=O)O)C(O)CCCO. The highest BCUT2D eigenvalue weighted by Gasteiger charge is 2.46. The van der Waals surface area contributed by atoms with Gasteiger partial charge in [-0.25, -0.2) is 4.79 Å². The van der Waals surface area contributed by atoms with Crippen molar-refractivity contribution in [1.82, 2.24) is 0 Å². The Labute approximate surface area is 80.6 Å². The normalized spacial score (nSPS) is 12.6. The zero-order valence-corrected chi connectivity index (χ0v) is 7.34. The van der Waals surface area contributed by atoms with Gasteiger partial charge in [-0.2, -0.15) is 10.5 Å². The zero-order chi connectivity index (χ0) is 11.2. The van der Waals surface area contributed by atoms with Crippen LogP contribution in [-0.4, -0.2) is 34.0 Å². The van der Waals surface area contributed by atoms with Gasteiger partial charge in [0.25, 0.3) is 5.41 Å². The molecule has 0 radical (unpaired) electrons. The molecule has 0 fully saturated rings. The molecular weight excluding hydrogens is 188 g/mol. The quantitative estimate of drug-likeness (QED) is 0.533. The lowest BCUT2D eigenvalue weighted by Gasteiger charge is -2.19. The lowest BCUT2D eigenvalue weighted by Crippen LogP contribution is -2.40. The maximum Gasteiger partial charge on any atom is 0.341 e. The minimum Gasteiger partial charge on any atom is -0.479 e. The number of carbonyl (C=O) groups is 1. The highest BCUT2D eigenvalue weighted by Crippen LogP contribution is 2.24. The van der Waals surface area contributed by atoms with Crippen LogP contribution < -0.4 is 0 Å². The van der Waals surface area contributed by atoms with E-state index in [9.17, 15) is 9.90 Å². The molecule has 1 unspecified atom stereocenters. The molecule has 0 aromatic rings. The van der Waals surface area contributed by atoms with Crippen molar-refractivity contribution >= 4 is 5.97 Å². The van der Waals surface area contributed by atoms with E-state index in [2.05, 4.69) is 0 Å². The van der Waals surface area contributed by atoms with Crippen molar-refractivity contribution in [2.24, 2.45) is 5.41 Å². The highest BCUT2D eigenvalue weighted by atomic mass is 16.4. The van der Waals surface area contributed by atoms with E-state index in [-0.39, 0.29) is 19.4 Å². The van der Waals surface area contributed by atoms with Crippen LogP contribution in [0.5, 0.6) is 0 Å². The molecule has 6 nitrogen and oxygen atoms in total. The van der Waals surface area contributed by atoms with E-state index < -0.39 is 17.5 Å². The number of rotatable bonds is 5. The van der Waals surface area contributed by atoms with Gasteiger partial charge in [0.1, 0.15) is 0 Å². The largest absolute Gasteiger partial charge is 0.479 e. The fourth-order valence-corrected chi connectivity index (χ4v) is 0.913. The number of carboxylic acids is 1. The summed E-state index contributed by atoms with van der Waals surface area (Å²) in [6, 6.07) is 2.56. The monoisotopic (exact) mass is 198 g/mol. The smallest absolute Gasteiger partial charge is 0.341 e. The topological polar surface area (TPSA) is 125 Å². The molecule has 0 aliphatic carbocycles. The molecule has 14 heavy (non-hydrogen) atoms. The van der Waals surface area contributed by atoms with Crippen molar-refractivity contribution in [3.05, 3.63) is 0 Å². The van der Waals surface area contributed by atoms with Crippen molar-refractivity contribution in [2.45, 2.75) is 18.9 Å². The van der Waals surface area contributed by atoms with E-state index in [4.69, 9.17) is 20.7 Å². The number of nitrogens with zero attached hydrogens (tertiary/aromatic N) is 2. The molecule has 0 aromatic carbocycles. The minimum atomic E-state index is -2.44. The Morgan fingerprint density at radius 1 is 1.43 bits per heavy atom. The van der Waals surface area contributed by atoms with E-state index in [1.807, 2.05) is 0 Å². The van der Waals surface area contributed by atoms with Gasteiger partial charge in [0.05, 0.1) is 18.2 Å². The lowest BCUT2D eigenvalue weighted by atomic mass is 9.83. The van der Waals surface area contributed by atoms with Crippen LogP contribution in [0.15, 0.2) is 0 Å². The van der Waals surface area contributed by atoms with Gasteiger partial charge in [-0.1, -0.05) is 0 Å². The van der Waals surface area contributed by atoms with Crippen molar-refractivity contribution in [1.29, 1.82) is 10.5 Å². The fraction of sp³-hybridized carbons (Fsp3) is 0.625. The van der Waals surface area contributed by atoms with Crippen molar-refractivity contribution in [3.63, 3.8) is 0 Å². The Hall–Kier alpha value is -1.63. The van der Waals surface area contributed by atoms with Crippen molar-refractivity contribution < 1.29 is 20.1 Å². The van der Waals surface area contributed by atoms with Crippen LogP contribution >= 0.6 is 0 Å². The molecule has 0 amide bonds. The maximum absolute atomic E-state index is 10.6. The Kier molecular flexibility index (Phi) is 4.57. The van der Waals surface area contributed by atoms with Gasteiger partial charge < -0.3 is 15.3 Å². The average molecular weight is 198 g/mol. The minimum absolute atomic E-state index is 0.107. The molecule has 0 aliphatic rings. The second-order valence-corrected chi connectivity index (χ2v) is 2.72. The predicted molar refractivity (Wildman–Crippen MR) is 43.6 cm³/mol. The van der Waals surface area contributed by atoms with Gasteiger partial charge in [0.2, 0.25) is 0 Å². The van der Waals surface area contributed by atoms with Crippen molar-refractivity contribution in [2.75, 3.05) is 6.61 Å². The highest BCUT2D eigenvalue weighted by molar-refractivity contribution is 5.82. The molecule has 0 saturated carbocycles. The van der Waals surface area contributed by atoms with E-state index in [0.29, 0.717) is 0 Å². The first-order valence-electron chi connectivity index (χ1n) is 3.90. The van der Waals surface area contributed by atoms with Crippen LogP contribution in [0.3, 0.4) is 0 Å². The molecule has 0 spiro atoms. The lowest BCUT2D eigenvalue weighted by molar-refractivity contribution is -0.147. The molecule has 76 valence electrons. The Balaban J connectivity index is 4.77. The third-order valence-electron chi connectivity index (χ3n) is 1.83. The summed E-state index contributed by atoms with van der Waals surface area (Å²) in [5, 5.41) is 43.5. The van der Waals surface area contributed by atoms with Crippen LogP contribution in [0.2, 0.25) is 0 Å². The molecule has 0 rings (SSSR count). The van der Waals surface area contributed by atoms with Crippen molar-refractivity contribution in [3.8, 4) is 12.1 Å². The van der Waals surface area contributed by atoms with E-state index in [1.165, 1.54) is 12.1 Å². The van der Waals surface area contributed by atoms with Gasteiger partial charge >= 0.3 is 5.97 Å². The molecule has 1 atom stereocenters. The summed E-state index contributed by atoms with van der Waals surface area (Å²) in [4.78, 5) is 10.6. The molecular formula is C8H10N2O4. The van der Waals surface area contributed by atoms with Gasteiger partial charge in [-0.3, -0.25) is 0 Å². The number of hydrogen-bond donors (Lipinski definition) is 3. The second kappa shape index (κ2) is 5.18. The summed E-state index contributed by atoms with van der Waals surface area (Å²) in [6.45, 7) is -0.233. The predicted octanol–water partition coefficient (Wildman–Crippen LogP) is -0.762. The number of carboxylic acid groups (broad SMARTS) is 1. The number of hydrogen-bond acceptors (Lipinski definition) is 5. The van der Waals surface area contributed by atoms with Gasteiger partial charge in [0, 0.05) is 6.61 Å². The molecule has 3 N–H and O–H groups in total. The van der Waals surface area contributed by atoms with Crippen LogP contribution in [0, 0.1) is 28.1 Å². The maximum atomic E-state index is 10.6. The van der Waals surface area contributed by atoms with E-state index in [0.717, 1.165) is 0 Å². The number of nitriles is 2. The fourth-order valence-electron chi connectivity index (χ4n) is 0.913.